The lowest BCUT2D eigenvalue weighted by Crippen LogP contribution is -1.92. The minimum absolute atomic E-state index is 0.756. The first-order chi connectivity index (χ1) is 8.78. The largest absolute Gasteiger partial charge is 0.388 e. The fourth-order valence-corrected chi connectivity index (χ4v) is 1.94. The van der Waals surface area contributed by atoms with Crippen molar-refractivity contribution in [1.29, 1.82) is 0 Å². The average molecular weight is 238 g/mol. The molecule has 1 aromatic carbocycles. The Morgan fingerprint density at radius 3 is 2.50 bits per heavy atom. The third kappa shape index (κ3) is 1.72. The summed E-state index contributed by atoms with van der Waals surface area (Å²) in [7, 11) is 1.90. The molecule has 1 N–H and O–H groups in total. The van der Waals surface area contributed by atoms with Crippen molar-refractivity contribution in [2.75, 3.05) is 12.4 Å². The van der Waals surface area contributed by atoms with Crippen LogP contribution in [0.1, 0.15) is 5.69 Å². The van der Waals surface area contributed by atoms with Gasteiger partial charge < -0.3 is 5.32 Å². The predicted octanol–water partition coefficient (Wildman–Crippen LogP) is 2.75. The highest BCUT2D eigenvalue weighted by Crippen LogP contribution is 2.19. The number of pyridine rings is 1. The zero-order valence-electron chi connectivity index (χ0n) is 10.4. The summed E-state index contributed by atoms with van der Waals surface area (Å²) in [6, 6.07) is 14.1. The first-order valence-electron chi connectivity index (χ1n) is 5.88. The van der Waals surface area contributed by atoms with Crippen LogP contribution in [-0.2, 0) is 0 Å². The van der Waals surface area contributed by atoms with Gasteiger partial charge in [0.25, 0.3) is 0 Å². The second kappa shape index (κ2) is 4.14. The number of anilines is 1. The number of nitrogens with zero attached hydrogens (tertiary/aromatic N) is 3. The maximum Gasteiger partial charge on any atom is 0.182 e. The molecule has 4 heteroatoms. The van der Waals surface area contributed by atoms with Crippen molar-refractivity contribution in [3.05, 3.63) is 48.2 Å². The second-order valence-corrected chi connectivity index (χ2v) is 4.20. The normalized spacial score (nSPS) is 10.8. The molecule has 18 heavy (non-hydrogen) atoms. The number of fused-ring (bicyclic) bond motifs is 1. The van der Waals surface area contributed by atoms with E-state index in [0.29, 0.717) is 0 Å². The number of aryl methyl sites for hydroxylation is 1. The molecule has 0 bridgehead atoms. The lowest BCUT2D eigenvalue weighted by molar-refractivity contribution is 0.918. The van der Waals surface area contributed by atoms with Crippen molar-refractivity contribution in [3.63, 3.8) is 0 Å². The van der Waals surface area contributed by atoms with Gasteiger partial charge in [0.05, 0.1) is 0 Å². The summed E-state index contributed by atoms with van der Waals surface area (Å²) < 4.78 is 1.86. The first kappa shape index (κ1) is 10.8. The number of nitrogens with one attached hydrogen (secondary N) is 1. The topological polar surface area (TPSA) is 42.2 Å². The Labute approximate surface area is 105 Å². The van der Waals surface area contributed by atoms with Crippen LogP contribution in [0.4, 0.5) is 5.69 Å². The van der Waals surface area contributed by atoms with Crippen LogP contribution in [0.3, 0.4) is 0 Å². The van der Waals surface area contributed by atoms with Crippen molar-refractivity contribution in [2.45, 2.75) is 6.92 Å². The van der Waals surface area contributed by atoms with E-state index in [4.69, 9.17) is 0 Å². The molecule has 3 rings (SSSR count). The molecule has 0 aliphatic carbocycles. The van der Waals surface area contributed by atoms with Crippen LogP contribution in [0.15, 0.2) is 42.5 Å². The first-order valence-corrected chi connectivity index (χ1v) is 5.88. The Morgan fingerprint density at radius 2 is 1.83 bits per heavy atom. The summed E-state index contributed by atoms with van der Waals surface area (Å²) in [6.07, 6.45) is 0. The molecule has 0 amide bonds. The van der Waals surface area contributed by atoms with Crippen LogP contribution >= 0.6 is 0 Å². The fourth-order valence-electron chi connectivity index (χ4n) is 1.94. The molecule has 0 unspecified atom stereocenters. The van der Waals surface area contributed by atoms with Crippen LogP contribution < -0.4 is 5.32 Å². The molecule has 0 radical (unpaired) electrons. The number of hydrogen-bond acceptors (Lipinski definition) is 3. The van der Waals surface area contributed by atoms with Crippen LogP contribution in [0.25, 0.3) is 17.0 Å². The highest BCUT2D eigenvalue weighted by Gasteiger charge is 2.06. The predicted molar refractivity (Wildman–Crippen MR) is 72.7 cm³/mol. The van der Waals surface area contributed by atoms with Gasteiger partial charge in [-0.05, 0) is 43.3 Å². The van der Waals surface area contributed by atoms with E-state index in [1.807, 2.05) is 61.0 Å². The van der Waals surface area contributed by atoms with Gasteiger partial charge in [-0.3, -0.25) is 0 Å². The molecule has 0 spiro atoms. The zero-order valence-corrected chi connectivity index (χ0v) is 10.4. The van der Waals surface area contributed by atoms with Crippen LogP contribution in [0.2, 0.25) is 0 Å². The number of aromatic nitrogens is 3. The number of benzene rings is 1. The van der Waals surface area contributed by atoms with Crippen molar-refractivity contribution in [2.24, 2.45) is 0 Å². The second-order valence-electron chi connectivity index (χ2n) is 4.20. The summed E-state index contributed by atoms with van der Waals surface area (Å²) >= 11 is 0. The van der Waals surface area contributed by atoms with Gasteiger partial charge in [-0.1, -0.05) is 6.07 Å². The van der Waals surface area contributed by atoms with E-state index in [1.165, 1.54) is 0 Å². The van der Waals surface area contributed by atoms with Gasteiger partial charge in [0.15, 0.2) is 11.5 Å². The molecule has 0 saturated heterocycles. The van der Waals surface area contributed by atoms with Crippen molar-refractivity contribution in [3.8, 4) is 11.4 Å². The SMILES string of the molecule is CNc1ccc(-c2nc3cccc(C)n3n2)cc1. The Bertz CT molecular complexity index is 683. The lowest BCUT2D eigenvalue weighted by Gasteiger charge is -1.99. The monoisotopic (exact) mass is 238 g/mol. The molecule has 4 nitrogen and oxygen atoms in total. The van der Waals surface area contributed by atoms with Gasteiger partial charge in [-0.25, -0.2) is 9.50 Å². The Kier molecular flexibility index (Phi) is 2.48. The quantitative estimate of drug-likeness (QED) is 0.746. The van der Waals surface area contributed by atoms with Crippen molar-refractivity contribution in [1.82, 2.24) is 14.6 Å². The van der Waals surface area contributed by atoms with E-state index >= 15 is 0 Å². The smallest absolute Gasteiger partial charge is 0.182 e. The fraction of sp³-hybridized carbons (Fsp3) is 0.143. The number of hydrogen-bond donors (Lipinski definition) is 1. The molecular formula is C14H14N4. The van der Waals surface area contributed by atoms with Gasteiger partial charge in [0.2, 0.25) is 0 Å². The van der Waals surface area contributed by atoms with Crippen molar-refractivity contribution >= 4 is 11.3 Å². The molecule has 0 aliphatic rings. The molecule has 90 valence electrons. The summed E-state index contributed by atoms with van der Waals surface area (Å²) in [6.45, 7) is 2.02. The average Bonchev–Trinajstić information content (AvgIpc) is 2.84. The van der Waals surface area contributed by atoms with Gasteiger partial charge >= 0.3 is 0 Å². The van der Waals surface area contributed by atoms with Gasteiger partial charge in [0.1, 0.15) is 0 Å². The van der Waals surface area contributed by atoms with E-state index in [-0.39, 0.29) is 0 Å². The summed E-state index contributed by atoms with van der Waals surface area (Å²) in [5, 5.41) is 7.62. The van der Waals surface area contributed by atoms with E-state index in [0.717, 1.165) is 28.4 Å². The lowest BCUT2D eigenvalue weighted by atomic mass is 10.2. The third-order valence-corrected chi connectivity index (χ3v) is 2.98. The minimum Gasteiger partial charge on any atom is -0.388 e. The zero-order chi connectivity index (χ0) is 12.5. The molecular weight excluding hydrogens is 224 g/mol. The van der Waals surface area contributed by atoms with Gasteiger partial charge in [-0.15, -0.1) is 5.10 Å². The van der Waals surface area contributed by atoms with Crippen LogP contribution in [-0.4, -0.2) is 21.6 Å². The molecule has 0 fully saturated rings. The molecule has 0 atom stereocenters. The van der Waals surface area contributed by atoms with Gasteiger partial charge in [0, 0.05) is 24.0 Å². The summed E-state index contributed by atoms with van der Waals surface area (Å²) in [4.78, 5) is 4.53. The summed E-state index contributed by atoms with van der Waals surface area (Å²) in [5.74, 6) is 0.756. The molecule has 2 aromatic heterocycles. The number of rotatable bonds is 2. The van der Waals surface area contributed by atoms with Crippen molar-refractivity contribution < 1.29 is 0 Å². The highest BCUT2D eigenvalue weighted by molar-refractivity contribution is 5.61. The van der Waals surface area contributed by atoms with E-state index in [1.54, 1.807) is 0 Å². The van der Waals surface area contributed by atoms with Crippen LogP contribution in [0.5, 0.6) is 0 Å². The standard InChI is InChI=1S/C14H14N4/c1-10-4-3-5-13-16-14(17-18(10)13)11-6-8-12(15-2)9-7-11/h3-9,15H,1-2H3. The van der Waals surface area contributed by atoms with E-state index in [2.05, 4.69) is 15.4 Å². The third-order valence-electron chi connectivity index (χ3n) is 2.98. The molecule has 0 saturated carbocycles. The van der Waals surface area contributed by atoms with E-state index < -0.39 is 0 Å². The van der Waals surface area contributed by atoms with E-state index in [9.17, 15) is 0 Å². The maximum atomic E-state index is 4.53. The Hall–Kier alpha value is -2.36. The molecule has 0 aliphatic heterocycles. The van der Waals surface area contributed by atoms with Crippen LogP contribution in [0, 0.1) is 6.92 Å². The Balaban J connectivity index is 2.10. The minimum atomic E-state index is 0.756. The van der Waals surface area contributed by atoms with Gasteiger partial charge in [-0.2, -0.15) is 0 Å². The Morgan fingerprint density at radius 1 is 1.06 bits per heavy atom. The summed E-state index contributed by atoms with van der Waals surface area (Å²) in [5.41, 5.74) is 4.07. The maximum absolute atomic E-state index is 4.53. The highest BCUT2D eigenvalue weighted by atomic mass is 15.3. The molecule has 2 heterocycles. The molecule has 3 aromatic rings.